The molecule has 1 aliphatic heterocycles. The summed E-state index contributed by atoms with van der Waals surface area (Å²) in [6.45, 7) is 1.75. The number of anilines is 1. The van der Waals surface area contributed by atoms with Gasteiger partial charge in [0.2, 0.25) is 5.91 Å². The number of hydrogen-bond donors (Lipinski definition) is 2. The fraction of sp³-hybridized carbons (Fsp3) is 0.421. The zero-order valence-corrected chi connectivity index (χ0v) is 16.6. The fourth-order valence-electron chi connectivity index (χ4n) is 2.78. The van der Waals surface area contributed by atoms with Crippen LogP contribution in [0, 0.1) is 11.3 Å². The van der Waals surface area contributed by atoms with Crippen LogP contribution in [0.5, 0.6) is 11.5 Å². The summed E-state index contributed by atoms with van der Waals surface area (Å²) >= 11 is 6.06. The molecule has 0 aromatic heterocycles. The van der Waals surface area contributed by atoms with Crippen molar-refractivity contribution >= 4 is 29.1 Å². The van der Waals surface area contributed by atoms with Gasteiger partial charge in [-0.15, -0.1) is 0 Å². The molecule has 0 atom stereocenters. The van der Waals surface area contributed by atoms with Gasteiger partial charge in [0, 0.05) is 44.4 Å². The molecule has 9 heteroatoms. The van der Waals surface area contributed by atoms with Crippen molar-refractivity contribution in [2.75, 3.05) is 39.2 Å². The first-order chi connectivity index (χ1) is 13.5. The molecule has 1 saturated heterocycles. The van der Waals surface area contributed by atoms with Gasteiger partial charge in [0.05, 0.1) is 24.9 Å². The van der Waals surface area contributed by atoms with Gasteiger partial charge in [-0.25, -0.2) is 0 Å². The first kappa shape index (κ1) is 21.4. The van der Waals surface area contributed by atoms with E-state index < -0.39 is 5.91 Å². The van der Waals surface area contributed by atoms with Crippen LogP contribution in [0.1, 0.15) is 19.3 Å². The van der Waals surface area contributed by atoms with Crippen LogP contribution in [-0.2, 0) is 9.59 Å². The van der Waals surface area contributed by atoms with Crippen molar-refractivity contribution < 1.29 is 19.1 Å². The smallest absolute Gasteiger partial charge is 0.263 e. The summed E-state index contributed by atoms with van der Waals surface area (Å²) in [7, 11) is 2.97. The standard InChI is InChI=1S/C19H23ClN4O4/c1-27-16-10-15(17(28-2)9-14(16)20)23-12-13(11-21)19(26)22-6-4-8-24-7-3-5-18(24)25/h9-10,12,23H,3-8H2,1-2H3,(H,22,26)/b13-12-. The van der Waals surface area contributed by atoms with Crippen LogP contribution in [0.4, 0.5) is 5.69 Å². The Balaban J connectivity index is 1.93. The second-order valence-electron chi connectivity index (χ2n) is 6.09. The Kier molecular flexibility index (Phi) is 7.96. The number of ether oxygens (including phenoxy) is 2. The van der Waals surface area contributed by atoms with Crippen LogP contribution in [-0.4, -0.2) is 50.6 Å². The molecule has 0 spiro atoms. The van der Waals surface area contributed by atoms with Gasteiger partial charge in [0.25, 0.3) is 5.91 Å². The number of halogens is 1. The predicted molar refractivity (Wildman–Crippen MR) is 105 cm³/mol. The van der Waals surface area contributed by atoms with Crippen LogP contribution < -0.4 is 20.1 Å². The van der Waals surface area contributed by atoms with Gasteiger partial charge >= 0.3 is 0 Å². The van der Waals surface area contributed by atoms with Crippen molar-refractivity contribution in [3.05, 3.63) is 28.9 Å². The molecule has 0 bridgehead atoms. The third kappa shape index (κ3) is 5.54. The number of amides is 2. The number of carbonyl (C=O) groups excluding carboxylic acids is 2. The van der Waals surface area contributed by atoms with E-state index in [1.54, 1.807) is 17.0 Å². The summed E-state index contributed by atoms with van der Waals surface area (Å²) in [5.74, 6) is 0.524. The van der Waals surface area contributed by atoms with Gasteiger partial charge in [-0.05, 0) is 12.8 Å². The van der Waals surface area contributed by atoms with E-state index in [4.69, 9.17) is 21.1 Å². The average molecular weight is 407 g/mol. The van der Waals surface area contributed by atoms with E-state index in [0.29, 0.717) is 48.1 Å². The Bertz CT molecular complexity index is 804. The Morgan fingerprint density at radius 2 is 2.11 bits per heavy atom. The van der Waals surface area contributed by atoms with Gasteiger partial charge in [-0.3, -0.25) is 9.59 Å². The third-order valence-corrected chi connectivity index (χ3v) is 4.57. The molecule has 2 amide bonds. The summed E-state index contributed by atoms with van der Waals surface area (Å²) in [5.41, 5.74) is 0.407. The van der Waals surface area contributed by atoms with Crippen molar-refractivity contribution in [2.24, 2.45) is 0 Å². The van der Waals surface area contributed by atoms with E-state index in [-0.39, 0.29) is 11.5 Å². The molecule has 1 heterocycles. The van der Waals surface area contributed by atoms with Crippen molar-refractivity contribution in [3.63, 3.8) is 0 Å². The lowest BCUT2D eigenvalue weighted by atomic mass is 10.2. The minimum Gasteiger partial charge on any atom is -0.495 e. The molecule has 28 heavy (non-hydrogen) atoms. The first-order valence-electron chi connectivity index (χ1n) is 8.84. The van der Waals surface area contributed by atoms with Crippen molar-refractivity contribution in [2.45, 2.75) is 19.3 Å². The number of nitriles is 1. The predicted octanol–water partition coefficient (Wildman–Crippen LogP) is 2.31. The quantitative estimate of drug-likeness (QED) is 0.370. The largest absolute Gasteiger partial charge is 0.495 e. The fourth-order valence-corrected chi connectivity index (χ4v) is 3.01. The SMILES string of the molecule is COc1cc(N/C=C(/C#N)C(=O)NCCCN2CCCC2=O)c(OC)cc1Cl. The summed E-state index contributed by atoms with van der Waals surface area (Å²) in [4.78, 5) is 25.5. The third-order valence-electron chi connectivity index (χ3n) is 4.27. The highest BCUT2D eigenvalue weighted by atomic mass is 35.5. The van der Waals surface area contributed by atoms with Gasteiger partial charge in [-0.1, -0.05) is 11.6 Å². The van der Waals surface area contributed by atoms with Gasteiger partial charge in [-0.2, -0.15) is 5.26 Å². The normalized spacial score (nSPS) is 13.9. The van der Waals surface area contributed by atoms with Crippen molar-refractivity contribution in [1.82, 2.24) is 10.2 Å². The summed E-state index contributed by atoms with van der Waals surface area (Å²) in [6.07, 6.45) is 3.41. The monoisotopic (exact) mass is 406 g/mol. The molecule has 0 radical (unpaired) electrons. The van der Waals surface area contributed by atoms with Gasteiger partial charge in [0.1, 0.15) is 23.1 Å². The Morgan fingerprint density at radius 3 is 2.71 bits per heavy atom. The first-order valence-corrected chi connectivity index (χ1v) is 9.22. The number of likely N-dealkylation sites (tertiary alicyclic amines) is 1. The molecular formula is C19H23ClN4O4. The zero-order valence-electron chi connectivity index (χ0n) is 15.9. The molecule has 150 valence electrons. The van der Waals surface area contributed by atoms with Crippen LogP contribution >= 0.6 is 11.6 Å². The summed E-state index contributed by atoms with van der Waals surface area (Å²) < 4.78 is 10.4. The van der Waals surface area contributed by atoms with E-state index in [9.17, 15) is 14.9 Å². The molecule has 1 aromatic rings. The number of rotatable bonds is 9. The molecular weight excluding hydrogens is 384 g/mol. The van der Waals surface area contributed by atoms with E-state index in [1.807, 2.05) is 6.07 Å². The maximum atomic E-state index is 12.2. The maximum absolute atomic E-state index is 12.2. The maximum Gasteiger partial charge on any atom is 0.263 e. The minimum atomic E-state index is -0.498. The van der Waals surface area contributed by atoms with Crippen molar-refractivity contribution in [3.8, 4) is 17.6 Å². The Hall–Kier alpha value is -2.92. The van der Waals surface area contributed by atoms with Gasteiger partial charge in [0.15, 0.2) is 0 Å². The summed E-state index contributed by atoms with van der Waals surface area (Å²) in [5, 5.41) is 15.2. The number of methoxy groups -OCH3 is 2. The molecule has 8 nitrogen and oxygen atoms in total. The second kappa shape index (κ2) is 10.4. The highest BCUT2D eigenvalue weighted by Crippen LogP contribution is 2.35. The van der Waals surface area contributed by atoms with E-state index in [1.165, 1.54) is 20.4 Å². The molecule has 1 fully saturated rings. The van der Waals surface area contributed by atoms with E-state index in [2.05, 4.69) is 10.6 Å². The molecule has 2 rings (SSSR count). The summed E-state index contributed by atoms with van der Waals surface area (Å²) in [6, 6.07) is 5.04. The number of hydrogen-bond acceptors (Lipinski definition) is 6. The number of nitrogens with one attached hydrogen (secondary N) is 2. The Labute approximate surface area is 169 Å². The molecule has 2 N–H and O–H groups in total. The zero-order chi connectivity index (χ0) is 20.5. The van der Waals surface area contributed by atoms with E-state index >= 15 is 0 Å². The molecule has 0 saturated carbocycles. The molecule has 0 aliphatic carbocycles. The highest BCUT2D eigenvalue weighted by molar-refractivity contribution is 6.32. The van der Waals surface area contributed by atoms with E-state index in [0.717, 1.165) is 13.0 Å². The average Bonchev–Trinajstić information content (AvgIpc) is 3.11. The van der Waals surface area contributed by atoms with Crippen LogP contribution in [0.2, 0.25) is 5.02 Å². The highest BCUT2D eigenvalue weighted by Gasteiger charge is 2.19. The lowest BCUT2D eigenvalue weighted by molar-refractivity contribution is -0.127. The number of benzene rings is 1. The molecule has 1 aliphatic rings. The lowest BCUT2D eigenvalue weighted by Gasteiger charge is -2.15. The molecule has 1 aromatic carbocycles. The topological polar surface area (TPSA) is 104 Å². The number of carbonyl (C=O) groups is 2. The van der Waals surface area contributed by atoms with Crippen molar-refractivity contribution in [1.29, 1.82) is 5.26 Å². The minimum absolute atomic E-state index is 0.0896. The van der Waals surface area contributed by atoms with Crippen LogP contribution in [0.25, 0.3) is 0 Å². The van der Waals surface area contributed by atoms with Gasteiger partial charge < -0.3 is 25.0 Å². The lowest BCUT2D eigenvalue weighted by Crippen LogP contribution is -2.31. The van der Waals surface area contributed by atoms with Crippen LogP contribution in [0.3, 0.4) is 0 Å². The number of nitrogens with zero attached hydrogens (tertiary/aromatic N) is 2. The Morgan fingerprint density at radius 1 is 1.36 bits per heavy atom. The van der Waals surface area contributed by atoms with Crippen LogP contribution in [0.15, 0.2) is 23.9 Å². The molecule has 0 unspecified atom stereocenters. The second-order valence-corrected chi connectivity index (χ2v) is 6.50.